The van der Waals surface area contributed by atoms with Crippen LogP contribution in [0.15, 0.2) is 0 Å². The number of carboxylic acids is 4. The van der Waals surface area contributed by atoms with Gasteiger partial charge in [-0.05, 0) is 0 Å². The van der Waals surface area contributed by atoms with Gasteiger partial charge in [0.15, 0.2) is 0 Å². The average molecular weight is 636 g/mol. The van der Waals surface area contributed by atoms with Crippen molar-refractivity contribution in [2.75, 3.05) is 98.9 Å². The molecule has 254 valence electrons. The lowest BCUT2D eigenvalue weighted by Gasteiger charge is -2.23. The van der Waals surface area contributed by atoms with Crippen LogP contribution in [0.3, 0.4) is 0 Å². The van der Waals surface area contributed by atoms with E-state index >= 15 is 0 Å². The summed E-state index contributed by atoms with van der Waals surface area (Å²) in [6.07, 6.45) is -0.308. The second kappa shape index (κ2) is 26.1. The van der Waals surface area contributed by atoms with E-state index in [1.165, 1.54) is 0 Å². The van der Waals surface area contributed by atoms with Gasteiger partial charge in [0.2, 0.25) is 11.8 Å². The Kier molecular flexibility index (Phi) is 24.1. The van der Waals surface area contributed by atoms with E-state index in [-0.39, 0.29) is 89.6 Å². The highest BCUT2D eigenvalue weighted by Crippen LogP contribution is 1.99. The largest absolute Gasteiger partial charge is 0.481 e. The number of amides is 2. The molecule has 0 atom stereocenters. The van der Waals surface area contributed by atoms with Crippen molar-refractivity contribution < 1.29 is 58.7 Å². The Balaban J connectivity index is 4.72. The topological polar surface area (TPSA) is 236 Å². The number of ether oxygens (including phenoxy) is 2. The van der Waals surface area contributed by atoms with Crippen molar-refractivity contribution in [1.82, 2.24) is 25.3 Å². The summed E-state index contributed by atoms with van der Waals surface area (Å²) >= 11 is 0. The number of carbonyl (C=O) groups excluding carboxylic acids is 2. The highest BCUT2D eigenvalue weighted by atomic mass is 16.5. The number of hydrogen-bond donors (Lipinski definition) is 6. The fraction of sp³-hybridized carbons (Fsp3) is 0.778. The predicted octanol–water partition coefficient (Wildman–Crippen LogP) is -1.53. The zero-order chi connectivity index (χ0) is 33.2. The molecule has 0 radical (unpaired) electrons. The van der Waals surface area contributed by atoms with Crippen LogP contribution < -0.4 is 10.6 Å². The lowest BCUT2D eigenvalue weighted by Crippen LogP contribution is -2.40. The predicted molar refractivity (Wildman–Crippen MR) is 156 cm³/mol. The molecule has 0 aromatic rings. The average Bonchev–Trinajstić information content (AvgIpc) is 2.95. The first-order valence-corrected chi connectivity index (χ1v) is 14.6. The van der Waals surface area contributed by atoms with Crippen LogP contribution in [0.2, 0.25) is 0 Å². The molecule has 0 fully saturated rings. The number of carboxylic acid groups (broad SMARTS) is 4. The number of nitrogens with zero attached hydrogens (tertiary/aromatic N) is 3. The van der Waals surface area contributed by atoms with Crippen LogP contribution in [0.1, 0.15) is 38.5 Å². The van der Waals surface area contributed by atoms with Gasteiger partial charge in [-0.25, -0.2) is 0 Å². The Hall–Kier alpha value is -3.38. The molecular weight excluding hydrogens is 586 g/mol. The van der Waals surface area contributed by atoms with Crippen LogP contribution in [-0.4, -0.2) is 170 Å². The third-order valence-electron chi connectivity index (χ3n) is 6.36. The van der Waals surface area contributed by atoms with Crippen LogP contribution in [0.5, 0.6) is 0 Å². The van der Waals surface area contributed by atoms with Crippen LogP contribution in [0.25, 0.3) is 0 Å². The van der Waals surface area contributed by atoms with Crippen LogP contribution in [0.4, 0.5) is 0 Å². The first-order chi connectivity index (χ1) is 20.9. The molecule has 0 aliphatic carbocycles. The van der Waals surface area contributed by atoms with E-state index in [1.807, 2.05) is 4.90 Å². The van der Waals surface area contributed by atoms with Crippen molar-refractivity contribution in [3.8, 4) is 0 Å². The molecule has 0 aromatic heterocycles. The molecule has 0 unspecified atom stereocenters. The minimum atomic E-state index is -0.997. The Morgan fingerprint density at radius 2 is 0.818 bits per heavy atom. The van der Waals surface area contributed by atoms with Crippen molar-refractivity contribution in [3.63, 3.8) is 0 Å². The van der Waals surface area contributed by atoms with E-state index in [0.29, 0.717) is 52.5 Å². The second-order valence-corrected chi connectivity index (χ2v) is 9.90. The summed E-state index contributed by atoms with van der Waals surface area (Å²) in [6.45, 7) is 4.02. The van der Waals surface area contributed by atoms with Gasteiger partial charge in [-0.3, -0.25) is 28.8 Å². The summed E-state index contributed by atoms with van der Waals surface area (Å²) in [4.78, 5) is 73.6. The number of carbonyl (C=O) groups is 6. The number of nitrogens with one attached hydrogen (secondary N) is 2. The van der Waals surface area contributed by atoms with Crippen molar-refractivity contribution >= 4 is 35.7 Å². The van der Waals surface area contributed by atoms with E-state index in [9.17, 15) is 28.8 Å². The standard InChI is InChI=1S/C27H49N5O12/c1-43-20-21-44-19-18-32(10-2-22(33)28-8-16-30(12-4-24(35)36)13-5-25(37)38)11-3-23(34)29-9-17-31(14-6-26(39)40)15-7-27(41)42/h2-21H2,1H3,(H,28,33)(H,29,34)(H,35,36)(H,37,38)(H,39,40)(H,41,42). The van der Waals surface area contributed by atoms with Crippen molar-refractivity contribution in [3.05, 3.63) is 0 Å². The summed E-state index contributed by atoms with van der Waals surface area (Å²) in [5.41, 5.74) is 0. The Bertz CT molecular complexity index is 778. The fourth-order valence-corrected chi connectivity index (χ4v) is 3.86. The van der Waals surface area contributed by atoms with Gasteiger partial charge >= 0.3 is 23.9 Å². The molecular formula is C27H49N5O12. The molecule has 17 heteroatoms. The quantitative estimate of drug-likeness (QED) is 0.0491. The molecule has 6 N–H and O–H groups in total. The third-order valence-corrected chi connectivity index (χ3v) is 6.36. The van der Waals surface area contributed by atoms with E-state index in [4.69, 9.17) is 29.9 Å². The molecule has 0 aliphatic heterocycles. The minimum absolute atomic E-state index is 0.131. The summed E-state index contributed by atoms with van der Waals surface area (Å²) in [6, 6.07) is 0. The zero-order valence-corrected chi connectivity index (χ0v) is 25.5. The Labute approximate surface area is 257 Å². The number of methoxy groups -OCH3 is 1. The minimum Gasteiger partial charge on any atom is -0.481 e. The van der Waals surface area contributed by atoms with Gasteiger partial charge in [0.25, 0.3) is 0 Å². The Morgan fingerprint density at radius 1 is 0.477 bits per heavy atom. The van der Waals surface area contributed by atoms with Gasteiger partial charge in [0.1, 0.15) is 0 Å². The summed E-state index contributed by atoms with van der Waals surface area (Å²) in [7, 11) is 1.56. The molecule has 0 saturated carbocycles. The molecule has 0 saturated heterocycles. The normalized spacial score (nSPS) is 11.2. The van der Waals surface area contributed by atoms with Gasteiger partial charge in [0, 0.05) is 91.9 Å². The molecule has 0 rings (SSSR count). The molecule has 0 bridgehead atoms. The molecule has 0 aromatic carbocycles. The summed E-state index contributed by atoms with van der Waals surface area (Å²) < 4.78 is 10.5. The molecule has 17 nitrogen and oxygen atoms in total. The van der Waals surface area contributed by atoms with Crippen molar-refractivity contribution in [2.24, 2.45) is 0 Å². The third kappa shape index (κ3) is 26.3. The maximum atomic E-state index is 12.5. The number of aliphatic carboxylic acids is 4. The van der Waals surface area contributed by atoms with Crippen molar-refractivity contribution in [2.45, 2.75) is 38.5 Å². The maximum Gasteiger partial charge on any atom is 0.304 e. The molecule has 2 amide bonds. The smallest absolute Gasteiger partial charge is 0.304 e. The highest BCUT2D eigenvalue weighted by molar-refractivity contribution is 5.76. The Morgan fingerprint density at radius 3 is 1.16 bits per heavy atom. The SMILES string of the molecule is COCCOCCN(CCC(=O)NCCN(CCC(=O)O)CCC(=O)O)CCC(=O)NCCN(CCC(=O)O)CCC(=O)O. The maximum absolute atomic E-state index is 12.5. The first-order valence-electron chi connectivity index (χ1n) is 14.6. The lowest BCUT2D eigenvalue weighted by atomic mass is 10.3. The van der Waals surface area contributed by atoms with Gasteiger partial charge in [-0.1, -0.05) is 0 Å². The molecule has 44 heavy (non-hydrogen) atoms. The van der Waals surface area contributed by atoms with Crippen LogP contribution in [-0.2, 0) is 38.2 Å². The first kappa shape index (κ1) is 40.6. The lowest BCUT2D eigenvalue weighted by molar-refractivity contribution is -0.139. The zero-order valence-electron chi connectivity index (χ0n) is 25.5. The van der Waals surface area contributed by atoms with Crippen LogP contribution >= 0.6 is 0 Å². The van der Waals surface area contributed by atoms with Gasteiger partial charge in [-0.2, -0.15) is 0 Å². The van der Waals surface area contributed by atoms with Crippen molar-refractivity contribution in [1.29, 1.82) is 0 Å². The fourth-order valence-electron chi connectivity index (χ4n) is 3.86. The summed E-state index contributed by atoms with van der Waals surface area (Å²) in [5.74, 6) is -4.49. The molecule has 0 heterocycles. The van der Waals surface area contributed by atoms with Gasteiger partial charge in [0.05, 0.1) is 45.5 Å². The summed E-state index contributed by atoms with van der Waals surface area (Å²) in [5, 5.41) is 41.1. The highest BCUT2D eigenvalue weighted by Gasteiger charge is 2.14. The number of hydrogen-bond acceptors (Lipinski definition) is 11. The second-order valence-electron chi connectivity index (χ2n) is 9.90. The number of rotatable bonds is 30. The van der Waals surface area contributed by atoms with E-state index in [0.717, 1.165) is 0 Å². The van der Waals surface area contributed by atoms with Crippen LogP contribution in [0, 0.1) is 0 Å². The molecule has 0 aliphatic rings. The van der Waals surface area contributed by atoms with E-state index in [2.05, 4.69) is 10.6 Å². The molecule has 0 spiro atoms. The monoisotopic (exact) mass is 635 g/mol. The van der Waals surface area contributed by atoms with Gasteiger partial charge < -0.3 is 55.2 Å². The van der Waals surface area contributed by atoms with E-state index in [1.54, 1.807) is 16.9 Å². The van der Waals surface area contributed by atoms with E-state index < -0.39 is 23.9 Å². The van der Waals surface area contributed by atoms with Gasteiger partial charge in [-0.15, -0.1) is 0 Å².